The van der Waals surface area contributed by atoms with Crippen LogP contribution in [0.3, 0.4) is 0 Å². The molecule has 0 aliphatic rings. The third-order valence-electron chi connectivity index (χ3n) is 5.41. The number of hydrogen-bond acceptors (Lipinski definition) is 5. The Bertz CT molecular complexity index is 1040. The summed E-state index contributed by atoms with van der Waals surface area (Å²) < 4.78 is 50.1. The number of alkyl halides is 3. The Hall–Kier alpha value is -2.10. The summed E-state index contributed by atoms with van der Waals surface area (Å²) in [7, 11) is 1.40. The summed E-state index contributed by atoms with van der Waals surface area (Å²) in [5, 5.41) is 13.4. The monoisotopic (exact) mass is 547 g/mol. The Balaban J connectivity index is 2.19. The number of carbonyl (C=O) groups excluding carboxylic acids is 1. The lowest BCUT2D eigenvalue weighted by Crippen LogP contribution is -2.53. The van der Waals surface area contributed by atoms with Crippen molar-refractivity contribution in [3.05, 3.63) is 52.5 Å². The van der Waals surface area contributed by atoms with Crippen LogP contribution in [-0.4, -0.2) is 36.1 Å². The molecule has 0 saturated carbocycles. The Morgan fingerprint density at radius 2 is 1.81 bits per heavy atom. The van der Waals surface area contributed by atoms with Gasteiger partial charge in [0.2, 0.25) is 0 Å². The van der Waals surface area contributed by atoms with Crippen molar-refractivity contribution in [1.29, 1.82) is 0 Å². The van der Waals surface area contributed by atoms with Gasteiger partial charge in [-0.25, -0.2) is 4.79 Å². The number of nitrogens with one attached hydrogen (secondary N) is 1. The van der Waals surface area contributed by atoms with Crippen LogP contribution in [-0.2, 0) is 17.3 Å². The summed E-state index contributed by atoms with van der Waals surface area (Å²) in [6.45, 7) is 6.99. The van der Waals surface area contributed by atoms with Crippen molar-refractivity contribution in [1.82, 2.24) is 5.32 Å². The third kappa shape index (κ3) is 8.78. The molecule has 0 aliphatic heterocycles. The molecular weight excluding hydrogens is 515 g/mol. The van der Waals surface area contributed by atoms with Crippen molar-refractivity contribution < 1.29 is 32.5 Å². The summed E-state index contributed by atoms with van der Waals surface area (Å²) in [4.78, 5) is 13.4. The molecule has 1 atom stereocenters. The first kappa shape index (κ1) is 30.1. The highest BCUT2D eigenvalue weighted by Crippen LogP contribution is 2.40. The van der Waals surface area contributed by atoms with Crippen LogP contribution in [0.15, 0.2) is 46.2 Å². The van der Waals surface area contributed by atoms with Crippen molar-refractivity contribution in [2.24, 2.45) is 0 Å². The van der Waals surface area contributed by atoms with Crippen LogP contribution < -0.4 is 10.1 Å². The van der Waals surface area contributed by atoms with E-state index in [0.29, 0.717) is 39.8 Å². The fraction of sp³-hybridized carbons (Fsp3) is 0.500. The number of hydrogen-bond donors (Lipinski definition) is 2. The zero-order valence-electron chi connectivity index (χ0n) is 21.1. The molecule has 2 rings (SSSR count). The van der Waals surface area contributed by atoms with Gasteiger partial charge in [-0.2, -0.15) is 13.2 Å². The number of aryl methyl sites for hydroxylation is 1. The lowest BCUT2D eigenvalue weighted by molar-refractivity contribution is -0.137. The molecule has 2 N–H and O–H groups in total. The van der Waals surface area contributed by atoms with Crippen LogP contribution in [0.2, 0.25) is 5.02 Å². The number of amides is 1. The Morgan fingerprint density at radius 3 is 2.33 bits per heavy atom. The topological polar surface area (TPSA) is 67.8 Å². The van der Waals surface area contributed by atoms with Crippen molar-refractivity contribution in [3.63, 3.8) is 0 Å². The third-order valence-corrected chi connectivity index (χ3v) is 6.79. The van der Waals surface area contributed by atoms with E-state index in [2.05, 4.69) is 5.32 Å². The molecule has 10 heteroatoms. The maximum Gasteiger partial charge on any atom is 0.416 e. The van der Waals surface area contributed by atoms with E-state index in [0.717, 1.165) is 35.9 Å². The highest BCUT2D eigenvalue weighted by Gasteiger charge is 2.33. The zero-order chi connectivity index (χ0) is 27.1. The summed E-state index contributed by atoms with van der Waals surface area (Å²) in [5.41, 5.74) is -1.52. The molecule has 2 aromatic rings. The van der Waals surface area contributed by atoms with Crippen LogP contribution in [0.4, 0.5) is 18.0 Å². The molecule has 1 amide bonds. The molecule has 0 spiro atoms. The zero-order valence-corrected chi connectivity index (χ0v) is 22.7. The number of alkyl carbamates (subject to hydrolysis) is 1. The van der Waals surface area contributed by atoms with E-state index >= 15 is 0 Å². The van der Waals surface area contributed by atoms with E-state index in [1.54, 1.807) is 39.0 Å². The number of aliphatic hydroxyl groups is 1. The van der Waals surface area contributed by atoms with Crippen molar-refractivity contribution in [2.75, 3.05) is 13.7 Å². The van der Waals surface area contributed by atoms with Gasteiger partial charge in [-0.05, 0) is 75.9 Å². The van der Waals surface area contributed by atoms with Gasteiger partial charge in [-0.15, -0.1) is 0 Å². The summed E-state index contributed by atoms with van der Waals surface area (Å²) in [6.07, 6.45) is -2.90. The van der Waals surface area contributed by atoms with Crippen molar-refractivity contribution in [3.8, 4) is 5.75 Å². The lowest BCUT2D eigenvalue weighted by Gasteiger charge is -2.34. The summed E-state index contributed by atoms with van der Waals surface area (Å²) in [6, 6.07) is 8.58. The first-order valence-electron chi connectivity index (χ1n) is 11.6. The van der Waals surface area contributed by atoms with Crippen LogP contribution in [0.1, 0.15) is 58.1 Å². The van der Waals surface area contributed by atoms with Gasteiger partial charge in [0.1, 0.15) is 11.4 Å². The SMILES string of the molecule is CCCC(CO)(CCc1ccc(Sc2cc(C(F)(F)F)ccc2OC)cc1Cl)NC(=O)OC(C)(C)C. The quantitative estimate of drug-likeness (QED) is 0.322. The molecular formula is C26H33ClF3NO4S. The molecule has 5 nitrogen and oxygen atoms in total. The van der Waals surface area contributed by atoms with Gasteiger partial charge in [0, 0.05) is 9.92 Å². The van der Waals surface area contributed by atoms with E-state index in [1.807, 2.05) is 6.92 Å². The number of halogens is 4. The number of benzene rings is 2. The maximum atomic E-state index is 13.2. The smallest absolute Gasteiger partial charge is 0.416 e. The normalized spacial score (nSPS) is 13.7. The molecule has 0 fully saturated rings. The second kappa shape index (κ2) is 12.4. The number of methoxy groups -OCH3 is 1. The van der Waals surface area contributed by atoms with E-state index in [4.69, 9.17) is 21.1 Å². The van der Waals surface area contributed by atoms with E-state index in [-0.39, 0.29) is 6.61 Å². The van der Waals surface area contributed by atoms with E-state index in [1.165, 1.54) is 13.2 Å². The van der Waals surface area contributed by atoms with Crippen LogP contribution >= 0.6 is 23.4 Å². The first-order valence-corrected chi connectivity index (χ1v) is 12.7. The average molecular weight is 548 g/mol. The molecule has 0 aromatic heterocycles. The maximum absolute atomic E-state index is 13.2. The number of rotatable bonds is 10. The van der Waals surface area contributed by atoms with Gasteiger partial charge in [0.05, 0.1) is 29.7 Å². The first-order chi connectivity index (χ1) is 16.7. The van der Waals surface area contributed by atoms with Gasteiger partial charge in [0.15, 0.2) is 0 Å². The lowest BCUT2D eigenvalue weighted by atomic mass is 9.87. The van der Waals surface area contributed by atoms with Gasteiger partial charge in [-0.1, -0.05) is 42.8 Å². The molecule has 0 aliphatic carbocycles. The number of aliphatic hydroxyl groups excluding tert-OH is 1. The highest BCUT2D eigenvalue weighted by molar-refractivity contribution is 7.99. The van der Waals surface area contributed by atoms with Crippen LogP contribution in [0.25, 0.3) is 0 Å². The standard InChI is InChI=1S/C26H33ClF3NO4S/c1-6-12-25(16-32,31-23(33)35-24(2,3)4)13-11-17-7-9-19(15-20(17)27)36-22-14-18(26(28,29)30)8-10-21(22)34-5/h7-10,14-15,32H,6,11-13,16H2,1-5H3,(H,31,33). The molecule has 0 bridgehead atoms. The van der Waals surface area contributed by atoms with Gasteiger partial charge in [-0.3, -0.25) is 0 Å². The van der Waals surface area contributed by atoms with Crippen molar-refractivity contribution in [2.45, 2.75) is 80.5 Å². The minimum absolute atomic E-state index is 0.263. The molecule has 36 heavy (non-hydrogen) atoms. The second-order valence-corrected chi connectivity index (χ2v) is 11.1. The molecule has 2 aromatic carbocycles. The number of ether oxygens (including phenoxy) is 2. The minimum atomic E-state index is -4.46. The summed E-state index contributed by atoms with van der Waals surface area (Å²) >= 11 is 7.63. The molecule has 0 radical (unpaired) electrons. The summed E-state index contributed by atoms with van der Waals surface area (Å²) in [5.74, 6) is 0.328. The Kier molecular flexibility index (Phi) is 10.4. The van der Waals surface area contributed by atoms with Crippen LogP contribution in [0, 0.1) is 0 Å². The molecule has 200 valence electrons. The fourth-order valence-electron chi connectivity index (χ4n) is 3.67. The van der Waals surface area contributed by atoms with Gasteiger partial charge >= 0.3 is 12.3 Å². The minimum Gasteiger partial charge on any atom is -0.496 e. The molecule has 0 saturated heterocycles. The van der Waals surface area contributed by atoms with Gasteiger partial charge < -0.3 is 19.9 Å². The molecule has 0 heterocycles. The second-order valence-electron chi connectivity index (χ2n) is 9.53. The van der Waals surface area contributed by atoms with Crippen LogP contribution in [0.5, 0.6) is 5.75 Å². The Labute approximate surface area is 219 Å². The van der Waals surface area contributed by atoms with E-state index < -0.39 is 29.0 Å². The predicted molar refractivity (Wildman–Crippen MR) is 136 cm³/mol. The largest absolute Gasteiger partial charge is 0.496 e. The predicted octanol–water partition coefficient (Wildman–Crippen LogP) is 7.51. The van der Waals surface area contributed by atoms with E-state index in [9.17, 15) is 23.1 Å². The van der Waals surface area contributed by atoms with Crippen molar-refractivity contribution >= 4 is 29.5 Å². The highest BCUT2D eigenvalue weighted by atomic mass is 35.5. The average Bonchev–Trinajstić information content (AvgIpc) is 2.76. The number of carbonyl (C=O) groups is 1. The fourth-order valence-corrected chi connectivity index (χ4v) is 5.02. The molecule has 1 unspecified atom stereocenters. The van der Waals surface area contributed by atoms with Gasteiger partial charge in [0.25, 0.3) is 0 Å². The Morgan fingerprint density at radius 1 is 1.11 bits per heavy atom.